The van der Waals surface area contributed by atoms with Crippen LogP contribution in [0.1, 0.15) is 23.3 Å². The van der Waals surface area contributed by atoms with Crippen LogP contribution >= 0.6 is 11.3 Å². The van der Waals surface area contributed by atoms with Crippen LogP contribution in [0.25, 0.3) is 0 Å². The zero-order chi connectivity index (χ0) is 11.5. The van der Waals surface area contributed by atoms with E-state index in [2.05, 4.69) is 23.7 Å². The average Bonchev–Trinajstić information content (AvgIpc) is 3.01. The average molecular weight is 238 g/mol. The summed E-state index contributed by atoms with van der Waals surface area (Å²) in [5.74, 6) is 0.737. The first-order chi connectivity index (χ1) is 7.66. The first-order valence-corrected chi connectivity index (χ1v) is 6.56. The van der Waals surface area contributed by atoms with E-state index < -0.39 is 0 Å². The van der Waals surface area contributed by atoms with E-state index in [4.69, 9.17) is 0 Å². The summed E-state index contributed by atoms with van der Waals surface area (Å²) in [6.45, 7) is 3.63. The summed E-state index contributed by atoms with van der Waals surface area (Å²) in [6, 6.07) is 2.13. The highest BCUT2D eigenvalue weighted by Crippen LogP contribution is 2.27. The van der Waals surface area contributed by atoms with Gasteiger partial charge in [-0.05, 0) is 42.7 Å². The van der Waals surface area contributed by atoms with Crippen molar-refractivity contribution >= 4 is 17.4 Å². The fourth-order valence-electron chi connectivity index (χ4n) is 1.54. The summed E-state index contributed by atoms with van der Waals surface area (Å²) in [6.07, 6.45) is 2.54. The Balaban J connectivity index is 1.79. The zero-order valence-corrected chi connectivity index (χ0v) is 10.6. The minimum absolute atomic E-state index is 0.0414. The minimum Gasteiger partial charge on any atom is -0.338 e. The van der Waals surface area contributed by atoms with Crippen LogP contribution in [0, 0.1) is 12.8 Å². The molecule has 1 heterocycles. The second-order valence-corrected chi connectivity index (χ2v) is 5.51. The lowest BCUT2D eigenvalue weighted by Gasteiger charge is -2.17. The first kappa shape index (κ1) is 11.5. The van der Waals surface area contributed by atoms with Gasteiger partial charge < -0.3 is 10.2 Å². The molecule has 0 aromatic carbocycles. The van der Waals surface area contributed by atoms with Gasteiger partial charge in [-0.25, -0.2) is 4.79 Å². The summed E-state index contributed by atoms with van der Waals surface area (Å²) < 4.78 is 0. The van der Waals surface area contributed by atoms with Gasteiger partial charge in [0.1, 0.15) is 0 Å². The number of amides is 2. The molecule has 1 fully saturated rings. The SMILES string of the molecule is Cc1ccsc1CN(C)C(=O)NCC1CC1. The lowest BCUT2D eigenvalue weighted by Crippen LogP contribution is -2.37. The lowest BCUT2D eigenvalue weighted by molar-refractivity contribution is 0.207. The quantitative estimate of drug-likeness (QED) is 0.859. The van der Waals surface area contributed by atoms with E-state index in [0.717, 1.165) is 12.5 Å². The molecule has 0 atom stereocenters. The fourth-order valence-corrected chi connectivity index (χ4v) is 2.50. The Kier molecular flexibility index (Phi) is 3.49. The van der Waals surface area contributed by atoms with Crippen molar-refractivity contribution in [2.24, 2.45) is 5.92 Å². The number of hydrogen-bond donors (Lipinski definition) is 1. The third-order valence-corrected chi connectivity index (χ3v) is 3.94. The van der Waals surface area contributed by atoms with Gasteiger partial charge in [0.2, 0.25) is 0 Å². The van der Waals surface area contributed by atoms with E-state index in [-0.39, 0.29) is 6.03 Å². The van der Waals surface area contributed by atoms with Crippen molar-refractivity contribution in [1.29, 1.82) is 0 Å². The minimum atomic E-state index is 0.0414. The van der Waals surface area contributed by atoms with Crippen molar-refractivity contribution < 1.29 is 4.79 Å². The molecule has 1 aromatic rings. The molecule has 1 saturated carbocycles. The Morgan fingerprint density at radius 1 is 1.62 bits per heavy atom. The number of urea groups is 1. The highest BCUT2D eigenvalue weighted by atomic mass is 32.1. The Morgan fingerprint density at radius 3 is 2.94 bits per heavy atom. The number of carbonyl (C=O) groups excluding carboxylic acids is 1. The second kappa shape index (κ2) is 4.87. The van der Waals surface area contributed by atoms with Gasteiger partial charge in [-0.3, -0.25) is 0 Å². The number of aryl methyl sites for hydroxylation is 1. The summed E-state index contributed by atoms with van der Waals surface area (Å²) >= 11 is 1.71. The van der Waals surface area contributed by atoms with E-state index in [9.17, 15) is 4.79 Å². The van der Waals surface area contributed by atoms with Crippen LogP contribution in [-0.2, 0) is 6.54 Å². The van der Waals surface area contributed by atoms with Crippen LogP contribution in [0.5, 0.6) is 0 Å². The van der Waals surface area contributed by atoms with Crippen molar-refractivity contribution in [1.82, 2.24) is 10.2 Å². The topological polar surface area (TPSA) is 32.3 Å². The van der Waals surface area contributed by atoms with E-state index in [1.54, 1.807) is 16.2 Å². The maximum Gasteiger partial charge on any atom is 0.317 e. The molecule has 0 unspecified atom stereocenters. The molecule has 2 rings (SSSR count). The standard InChI is InChI=1S/C12H18N2OS/c1-9-5-6-16-11(9)8-14(2)12(15)13-7-10-3-4-10/h5-6,10H,3-4,7-8H2,1-2H3,(H,13,15). The number of carbonyl (C=O) groups is 1. The number of nitrogens with zero attached hydrogens (tertiary/aromatic N) is 1. The number of thiophene rings is 1. The molecule has 1 aliphatic rings. The molecule has 3 nitrogen and oxygen atoms in total. The fraction of sp³-hybridized carbons (Fsp3) is 0.583. The molecule has 0 spiro atoms. The molecule has 0 aliphatic heterocycles. The Hall–Kier alpha value is -1.03. The summed E-state index contributed by atoms with van der Waals surface area (Å²) in [5, 5.41) is 5.04. The largest absolute Gasteiger partial charge is 0.338 e. The van der Waals surface area contributed by atoms with Gasteiger partial charge in [-0.2, -0.15) is 0 Å². The lowest BCUT2D eigenvalue weighted by atomic mass is 10.3. The maximum absolute atomic E-state index is 11.7. The monoisotopic (exact) mass is 238 g/mol. The van der Waals surface area contributed by atoms with Gasteiger partial charge in [0, 0.05) is 18.5 Å². The van der Waals surface area contributed by atoms with Crippen LogP contribution in [0.4, 0.5) is 4.79 Å². The normalized spacial score (nSPS) is 14.9. The molecular formula is C12H18N2OS. The zero-order valence-electron chi connectivity index (χ0n) is 9.82. The molecule has 1 N–H and O–H groups in total. The van der Waals surface area contributed by atoms with Crippen molar-refractivity contribution in [2.45, 2.75) is 26.3 Å². The van der Waals surface area contributed by atoms with Gasteiger partial charge in [0.05, 0.1) is 6.54 Å². The van der Waals surface area contributed by atoms with E-state index in [0.29, 0.717) is 6.54 Å². The van der Waals surface area contributed by atoms with Crippen LogP contribution in [0.2, 0.25) is 0 Å². The van der Waals surface area contributed by atoms with Crippen molar-refractivity contribution in [2.75, 3.05) is 13.6 Å². The molecule has 1 aliphatic carbocycles. The van der Waals surface area contributed by atoms with Crippen molar-refractivity contribution in [3.05, 3.63) is 21.9 Å². The Labute approximate surface area is 100 Å². The van der Waals surface area contributed by atoms with Crippen LogP contribution < -0.4 is 5.32 Å². The van der Waals surface area contributed by atoms with Gasteiger partial charge in [0.25, 0.3) is 0 Å². The van der Waals surface area contributed by atoms with Crippen LogP contribution in [-0.4, -0.2) is 24.5 Å². The molecular weight excluding hydrogens is 220 g/mol. The summed E-state index contributed by atoms with van der Waals surface area (Å²) in [5.41, 5.74) is 1.27. The molecule has 4 heteroatoms. The highest BCUT2D eigenvalue weighted by molar-refractivity contribution is 7.10. The predicted octanol–water partition coefficient (Wildman–Crippen LogP) is 2.61. The molecule has 88 valence electrons. The van der Waals surface area contributed by atoms with Crippen molar-refractivity contribution in [3.63, 3.8) is 0 Å². The molecule has 0 saturated heterocycles. The molecule has 1 aromatic heterocycles. The molecule has 0 radical (unpaired) electrons. The third-order valence-electron chi connectivity index (χ3n) is 2.93. The van der Waals surface area contributed by atoms with Crippen LogP contribution in [0.15, 0.2) is 11.4 Å². The summed E-state index contributed by atoms with van der Waals surface area (Å²) in [4.78, 5) is 14.8. The number of nitrogens with one attached hydrogen (secondary N) is 1. The van der Waals surface area contributed by atoms with Gasteiger partial charge >= 0.3 is 6.03 Å². The maximum atomic E-state index is 11.7. The molecule has 0 bridgehead atoms. The first-order valence-electron chi connectivity index (χ1n) is 5.68. The summed E-state index contributed by atoms with van der Waals surface area (Å²) in [7, 11) is 1.85. The molecule has 16 heavy (non-hydrogen) atoms. The number of hydrogen-bond acceptors (Lipinski definition) is 2. The van der Waals surface area contributed by atoms with Crippen LogP contribution in [0.3, 0.4) is 0 Å². The Bertz CT molecular complexity index is 371. The van der Waals surface area contributed by atoms with E-state index in [1.165, 1.54) is 23.3 Å². The highest BCUT2D eigenvalue weighted by Gasteiger charge is 2.22. The number of rotatable bonds is 4. The third kappa shape index (κ3) is 2.98. The predicted molar refractivity (Wildman–Crippen MR) is 66.6 cm³/mol. The Morgan fingerprint density at radius 2 is 2.38 bits per heavy atom. The smallest absolute Gasteiger partial charge is 0.317 e. The van der Waals surface area contributed by atoms with Gasteiger partial charge in [0.15, 0.2) is 0 Å². The van der Waals surface area contributed by atoms with E-state index >= 15 is 0 Å². The van der Waals surface area contributed by atoms with Crippen molar-refractivity contribution in [3.8, 4) is 0 Å². The van der Waals surface area contributed by atoms with Gasteiger partial charge in [-0.15, -0.1) is 11.3 Å². The molecule has 2 amide bonds. The van der Waals surface area contributed by atoms with E-state index in [1.807, 2.05) is 7.05 Å². The van der Waals surface area contributed by atoms with Gasteiger partial charge in [-0.1, -0.05) is 0 Å². The second-order valence-electron chi connectivity index (χ2n) is 4.51.